The Morgan fingerprint density at radius 3 is 2.33 bits per heavy atom. The highest BCUT2D eigenvalue weighted by atomic mass is 79.9. The predicted octanol–water partition coefficient (Wildman–Crippen LogP) is 8.26. The van der Waals surface area contributed by atoms with Gasteiger partial charge in [0.25, 0.3) is 11.5 Å². The van der Waals surface area contributed by atoms with Crippen LogP contribution in [0.2, 0.25) is 10.0 Å². The van der Waals surface area contributed by atoms with Gasteiger partial charge in [-0.1, -0.05) is 99.8 Å². The molecule has 1 amide bonds. The number of hydrogen-bond donors (Lipinski definition) is 1. The number of H-pyrrole nitrogens is 1. The van der Waals surface area contributed by atoms with Crippen LogP contribution in [0.4, 0.5) is 0 Å². The van der Waals surface area contributed by atoms with Crippen molar-refractivity contribution in [2.45, 2.75) is 12.5 Å². The molecule has 6 rings (SSSR count). The largest absolute Gasteiger partial charge is 0.321 e. The van der Waals surface area contributed by atoms with E-state index in [1.165, 1.54) is 11.1 Å². The molecule has 0 bridgehead atoms. The SMILES string of the molecule is O=C(c1ccc(Cl)cc1Cl)N1N=C(c2c(-c3ccccc3)c3cc(Br)ccc3[nH]c2=O)CC1c1ccccc1. The fraction of sp³-hybridized carbons (Fsp3) is 0.0645. The lowest BCUT2D eigenvalue weighted by Crippen LogP contribution is -2.27. The lowest BCUT2D eigenvalue weighted by molar-refractivity contribution is 0.0711. The number of nitrogens with one attached hydrogen (secondary N) is 1. The maximum absolute atomic E-state index is 13.8. The fourth-order valence-electron chi connectivity index (χ4n) is 5.02. The highest BCUT2D eigenvalue weighted by Crippen LogP contribution is 2.38. The molecule has 1 aliphatic rings. The lowest BCUT2D eigenvalue weighted by Gasteiger charge is -2.22. The number of pyridine rings is 1. The van der Waals surface area contributed by atoms with Crippen molar-refractivity contribution < 1.29 is 4.79 Å². The molecule has 0 radical (unpaired) electrons. The molecular formula is C31H20BrCl2N3O2. The number of fused-ring (bicyclic) bond motifs is 1. The molecule has 0 spiro atoms. The molecule has 8 heteroatoms. The molecule has 5 nitrogen and oxygen atoms in total. The van der Waals surface area contributed by atoms with Gasteiger partial charge in [0.2, 0.25) is 0 Å². The number of aromatic nitrogens is 1. The number of benzene rings is 4. The second kappa shape index (κ2) is 10.5. The minimum Gasteiger partial charge on any atom is -0.321 e. The van der Waals surface area contributed by atoms with Gasteiger partial charge < -0.3 is 4.98 Å². The molecule has 1 atom stereocenters. The summed E-state index contributed by atoms with van der Waals surface area (Å²) in [6.07, 6.45) is 0.351. The van der Waals surface area contributed by atoms with Crippen LogP contribution in [-0.4, -0.2) is 21.6 Å². The molecule has 39 heavy (non-hydrogen) atoms. The summed E-state index contributed by atoms with van der Waals surface area (Å²) in [6.45, 7) is 0. The minimum absolute atomic E-state index is 0.237. The maximum atomic E-state index is 13.8. The molecule has 0 aliphatic carbocycles. The number of carbonyl (C=O) groups is 1. The standard InChI is InChI=1S/C31H20BrCl2N3O2/c32-20-11-14-25-23(15-20)28(19-9-5-2-6-10-19)29(30(38)35-25)26-17-27(18-7-3-1-4-8-18)37(36-26)31(39)22-13-12-21(33)16-24(22)34/h1-16,27H,17H2,(H,35,38). The van der Waals surface area contributed by atoms with Gasteiger partial charge in [-0.15, -0.1) is 0 Å². The molecule has 5 aromatic rings. The van der Waals surface area contributed by atoms with Crippen molar-refractivity contribution in [2.24, 2.45) is 5.10 Å². The van der Waals surface area contributed by atoms with E-state index in [9.17, 15) is 9.59 Å². The van der Waals surface area contributed by atoms with Gasteiger partial charge in [0.05, 0.1) is 27.9 Å². The summed E-state index contributed by atoms with van der Waals surface area (Å²) in [7, 11) is 0. The Labute approximate surface area is 242 Å². The maximum Gasteiger partial charge on any atom is 0.276 e. The molecule has 0 saturated carbocycles. The minimum atomic E-state index is -0.429. The molecule has 0 saturated heterocycles. The average Bonchev–Trinajstić information content (AvgIpc) is 3.38. The highest BCUT2D eigenvalue weighted by Gasteiger charge is 2.36. The third-order valence-corrected chi connectivity index (χ3v) is 7.83. The molecule has 1 unspecified atom stereocenters. The zero-order chi connectivity index (χ0) is 27.1. The normalized spacial score (nSPS) is 15.0. The van der Waals surface area contributed by atoms with Gasteiger partial charge in [-0.25, -0.2) is 5.01 Å². The van der Waals surface area contributed by atoms with Crippen LogP contribution < -0.4 is 5.56 Å². The van der Waals surface area contributed by atoms with Crippen molar-refractivity contribution >= 4 is 61.7 Å². The number of aromatic amines is 1. The van der Waals surface area contributed by atoms with E-state index in [0.29, 0.717) is 28.2 Å². The van der Waals surface area contributed by atoms with Gasteiger partial charge in [0.1, 0.15) is 0 Å². The van der Waals surface area contributed by atoms with Gasteiger partial charge in [-0.2, -0.15) is 5.10 Å². The van der Waals surface area contributed by atoms with Crippen molar-refractivity contribution in [1.29, 1.82) is 0 Å². The van der Waals surface area contributed by atoms with Gasteiger partial charge in [0, 0.05) is 32.4 Å². The van der Waals surface area contributed by atoms with Gasteiger partial charge >= 0.3 is 0 Å². The zero-order valence-electron chi connectivity index (χ0n) is 20.4. The monoisotopic (exact) mass is 615 g/mol. The molecule has 2 heterocycles. The van der Waals surface area contributed by atoms with Crippen LogP contribution in [0.25, 0.3) is 22.0 Å². The number of hydrogen-bond acceptors (Lipinski definition) is 3. The molecule has 1 N–H and O–H groups in total. The summed E-state index contributed by atoms with van der Waals surface area (Å²) in [5, 5.41) is 7.78. The second-order valence-corrected chi connectivity index (χ2v) is 11.0. The first-order chi connectivity index (χ1) is 18.9. The summed E-state index contributed by atoms with van der Waals surface area (Å²) in [4.78, 5) is 30.6. The van der Waals surface area contributed by atoms with E-state index in [0.717, 1.165) is 26.5 Å². The molecule has 4 aromatic carbocycles. The third-order valence-electron chi connectivity index (χ3n) is 6.79. The Hall–Kier alpha value is -3.71. The van der Waals surface area contributed by atoms with E-state index in [4.69, 9.17) is 28.3 Å². The van der Waals surface area contributed by atoms with Crippen LogP contribution in [0.1, 0.15) is 33.9 Å². The number of halogens is 3. The third kappa shape index (κ3) is 4.80. The summed E-state index contributed by atoms with van der Waals surface area (Å²) in [5.74, 6) is -0.373. The smallest absolute Gasteiger partial charge is 0.276 e. The van der Waals surface area contributed by atoms with Crippen LogP contribution >= 0.6 is 39.1 Å². The first-order valence-electron chi connectivity index (χ1n) is 12.2. The van der Waals surface area contributed by atoms with Crippen molar-refractivity contribution in [3.8, 4) is 11.1 Å². The molecule has 192 valence electrons. The number of carbonyl (C=O) groups excluding carboxylic acids is 1. The summed E-state index contributed by atoms with van der Waals surface area (Å²) in [6, 6.07) is 29.5. The van der Waals surface area contributed by atoms with Crippen LogP contribution in [-0.2, 0) is 0 Å². The summed E-state index contributed by atoms with van der Waals surface area (Å²) in [5.41, 5.74) is 4.22. The summed E-state index contributed by atoms with van der Waals surface area (Å²) >= 11 is 16.1. The highest BCUT2D eigenvalue weighted by molar-refractivity contribution is 9.10. The van der Waals surface area contributed by atoms with E-state index in [2.05, 4.69) is 20.9 Å². The first kappa shape index (κ1) is 25.6. The molecule has 0 fully saturated rings. The van der Waals surface area contributed by atoms with Crippen molar-refractivity contribution in [3.05, 3.63) is 139 Å². The number of nitrogens with zero attached hydrogens (tertiary/aromatic N) is 2. The first-order valence-corrected chi connectivity index (χ1v) is 13.8. The quantitative estimate of drug-likeness (QED) is 0.221. The Kier molecular flexibility index (Phi) is 6.85. The fourth-order valence-corrected chi connectivity index (χ4v) is 5.87. The van der Waals surface area contributed by atoms with E-state index in [1.54, 1.807) is 12.1 Å². The zero-order valence-corrected chi connectivity index (χ0v) is 23.5. The molecular weight excluding hydrogens is 597 g/mol. The van der Waals surface area contributed by atoms with E-state index in [1.807, 2.05) is 78.9 Å². The number of amides is 1. The van der Waals surface area contributed by atoms with Crippen LogP contribution in [0, 0.1) is 0 Å². The van der Waals surface area contributed by atoms with E-state index >= 15 is 0 Å². The molecule has 1 aliphatic heterocycles. The Balaban J connectivity index is 1.57. The van der Waals surface area contributed by atoms with E-state index in [-0.39, 0.29) is 22.1 Å². The molecule has 1 aromatic heterocycles. The van der Waals surface area contributed by atoms with Crippen LogP contribution in [0.5, 0.6) is 0 Å². The Morgan fingerprint density at radius 2 is 1.62 bits per heavy atom. The Morgan fingerprint density at radius 1 is 0.897 bits per heavy atom. The van der Waals surface area contributed by atoms with Crippen LogP contribution in [0.3, 0.4) is 0 Å². The van der Waals surface area contributed by atoms with Gasteiger partial charge in [-0.3, -0.25) is 9.59 Å². The van der Waals surface area contributed by atoms with Crippen LogP contribution in [0.15, 0.2) is 111 Å². The predicted molar refractivity (Wildman–Crippen MR) is 161 cm³/mol. The number of rotatable bonds is 4. The van der Waals surface area contributed by atoms with Crippen molar-refractivity contribution in [3.63, 3.8) is 0 Å². The van der Waals surface area contributed by atoms with Gasteiger partial charge in [-0.05, 0) is 47.5 Å². The second-order valence-electron chi connectivity index (χ2n) is 9.21. The van der Waals surface area contributed by atoms with Crippen molar-refractivity contribution in [1.82, 2.24) is 9.99 Å². The summed E-state index contributed by atoms with van der Waals surface area (Å²) < 4.78 is 0.884. The number of hydrazone groups is 1. The van der Waals surface area contributed by atoms with E-state index < -0.39 is 6.04 Å². The van der Waals surface area contributed by atoms with Gasteiger partial charge in [0.15, 0.2) is 0 Å². The average molecular weight is 617 g/mol. The lowest BCUT2D eigenvalue weighted by atomic mass is 9.91. The topological polar surface area (TPSA) is 65.5 Å². The Bertz CT molecular complexity index is 1820. The van der Waals surface area contributed by atoms with Crippen molar-refractivity contribution in [2.75, 3.05) is 0 Å².